The highest BCUT2D eigenvalue weighted by Crippen LogP contribution is 2.34. The Morgan fingerprint density at radius 3 is 2.41 bits per heavy atom. The van der Waals surface area contributed by atoms with E-state index in [0.29, 0.717) is 17.9 Å². The minimum atomic E-state index is -4.30. The van der Waals surface area contributed by atoms with E-state index in [-0.39, 0.29) is 5.56 Å². The number of ether oxygens (including phenoxy) is 1. The average Bonchev–Trinajstić information content (AvgIpc) is 2.21. The van der Waals surface area contributed by atoms with Crippen molar-refractivity contribution in [1.29, 1.82) is 0 Å². The maximum absolute atomic E-state index is 12.7. The molecule has 0 aromatic heterocycles. The van der Waals surface area contributed by atoms with Gasteiger partial charge in [-0.3, -0.25) is 0 Å². The maximum Gasteiger partial charge on any atom is 0.407 e. The van der Waals surface area contributed by atoms with Gasteiger partial charge in [-0.15, -0.1) is 0 Å². The van der Waals surface area contributed by atoms with Crippen molar-refractivity contribution >= 4 is 0 Å². The Balaban J connectivity index is 3.03. The van der Waals surface area contributed by atoms with E-state index in [4.69, 9.17) is 4.74 Å². The predicted octanol–water partition coefficient (Wildman–Crippen LogP) is 3.22. The number of aryl methyl sites for hydroxylation is 1. The van der Waals surface area contributed by atoms with Crippen LogP contribution < -0.4 is 10.1 Å². The number of nitrogens with one attached hydrogen (secondary N) is 1. The van der Waals surface area contributed by atoms with E-state index in [1.165, 1.54) is 19.2 Å². The molecule has 2 nitrogen and oxygen atoms in total. The summed E-state index contributed by atoms with van der Waals surface area (Å²) < 4.78 is 43.4. The summed E-state index contributed by atoms with van der Waals surface area (Å²) in [7, 11) is 1.30. The topological polar surface area (TPSA) is 21.3 Å². The summed E-state index contributed by atoms with van der Waals surface area (Å²) in [6.07, 6.45) is -4.30. The second-order valence-corrected chi connectivity index (χ2v) is 3.72. The summed E-state index contributed by atoms with van der Waals surface area (Å²) in [6, 6.07) is 2.87. The Kier molecular flexibility index (Phi) is 4.40. The lowest BCUT2D eigenvalue weighted by Crippen LogP contribution is -2.31. The molecule has 0 aliphatic rings. The van der Waals surface area contributed by atoms with E-state index in [0.717, 1.165) is 0 Å². The molecule has 1 rings (SSSR count). The first-order valence-corrected chi connectivity index (χ1v) is 5.37. The van der Waals surface area contributed by atoms with Gasteiger partial charge in [0.15, 0.2) is 0 Å². The zero-order valence-corrected chi connectivity index (χ0v) is 10.1. The largest absolute Gasteiger partial charge is 0.494 e. The van der Waals surface area contributed by atoms with Gasteiger partial charge in [-0.1, -0.05) is 12.1 Å². The van der Waals surface area contributed by atoms with E-state index in [2.05, 4.69) is 5.32 Å². The monoisotopic (exact) mass is 247 g/mol. The smallest absolute Gasteiger partial charge is 0.407 e. The molecule has 17 heavy (non-hydrogen) atoms. The van der Waals surface area contributed by atoms with Gasteiger partial charge in [0.1, 0.15) is 11.8 Å². The third kappa shape index (κ3) is 3.36. The number of alkyl halides is 3. The van der Waals surface area contributed by atoms with Gasteiger partial charge >= 0.3 is 6.18 Å². The van der Waals surface area contributed by atoms with Gasteiger partial charge in [0.05, 0.1) is 6.61 Å². The fourth-order valence-electron chi connectivity index (χ4n) is 1.69. The number of benzene rings is 1. The molecule has 0 amide bonds. The average molecular weight is 247 g/mol. The van der Waals surface area contributed by atoms with Crippen molar-refractivity contribution < 1.29 is 17.9 Å². The van der Waals surface area contributed by atoms with Crippen LogP contribution in [0.1, 0.15) is 24.1 Å². The van der Waals surface area contributed by atoms with Gasteiger partial charge in [0.25, 0.3) is 0 Å². The van der Waals surface area contributed by atoms with Crippen LogP contribution in [-0.4, -0.2) is 19.8 Å². The van der Waals surface area contributed by atoms with Crippen molar-refractivity contribution in [2.24, 2.45) is 0 Å². The summed E-state index contributed by atoms with van der Waals surface area (Å²) in [5.74, 6) is 0.619. The van der Waals surface area contributed by atoms with E-state index in [1.54, 1.807) is 13.0 Å². The van der Waals surface area contributed by atoms with Crippen LogP contribution in [0.5, 0.6) is 5.75 Å². The van der Waals surface area contributed by atoms with Crippen LogP contribution in [0.15, 0.2) is 18.2 Å². The van der Waals surface area contributed by atoms with Gasteiger partial charge in [-0.2, -0.15) is 13.2 Å². The van der Waals surface area contributed by atoms with Crippen LogP contribution in [0.2, 0.25) is 0 Å². The first-order chi connectivity index (χ1) is 7.90. The first kappa shape index (κ1) is 13.8. The SMILES string of the molecule is CCOc1ccc(C(NC)C(F)(F)F)cc1C. The fourth-order valence-corrected chi connectivity index (χ4v) is 1.69. The molecule has 0 saturated heterocycles. The van der Waals surface area contributed by atoms with Gasteiger partial charge in [-0.25, -0.2) is 0 Å². The van der Waals surface area contributed by atoms with Crippen molar-refractivity contribution in [3.8, 4) is 5.75 Å². The van der Waals surface area contributed by atoms with E-state index >= 15 is 0 Å². The lowest BCUT2D eigenvalue weighted by Gasteiger charge is -2.21. The highest BCUT2D eigenvalue weighted by atomic mass is 19.4. The molecule has 96 valence electrons. The van der Waals surface area contributed by atoms with Crippen molar-refractivity contribution in [1.82, 2.24) is 5.32 Å². The minimum Gasteiger partial charge on any atom is -0.494 e. The van der Waals surface area contributed by atoms with Crippen molar-refractivity contribution in [2.75, 3.05) is 13.7 Å². The Labute approximate surface area is 98.8 Å². The third-order valence-corrected chi connectivity index (χ3v) is 2.45. The summed E-state index contributed by atoms with van der Waals surface area (Å²) in [4.78, 5) is 0. The summed E-state index contributed by atoms with van der Waals surface area (Å²) in [5, 5.41) is 2.27. The molecule has 0 fully saturated rings. The Bertz CT molecular complexity index is 377. The molecule has 1 N–H and O–H groups in total. The van der Waals surface area contributed by atoms with Crippen LogP contribution in [0.4, 0.5) is 13.2 Å². The third-order valence-electron chi connectivity index (χ3n) is 2.45. The molecule has 0 spiro atoms. The molecule has 0 bridgehead atoms. The van der Waals surface area contributed by atoms with Crippen LogP contribution >= 0.6 is 0 Å². The Hall–Kier alpha value is -1.23. The summed E-state index contributed by atoms with van der Waals surface area (Å²) in [5.41, 5.74) is 0.898. The second kappa shape index (κ2) is 5.40. The second-order valence-electron chi connectivity index (χ2n) is 3.72. The molecule has 1 aromatic rings. The standard InChI is InChI=1S/C12H16F3NO/c1-4-17-10-6-5-9(7-8(10)2)11(16-3)12(13,14)15/h5-7,11,16H,4H2,1-3H3. The van der Waals surface area contributed by atoms with Crippen LogP contribution in [0.3, 0.4) is 0 Å². The molecular weight excluding hydrogens is 231 g/mol. The number of hydrogen-bond donors (Lipinski definition) is 1. The Morgan fingerprint density at radius 2 is 2.00 bits per heavy atom. The molecule has 1 atom stereocenters. The molecule has 1 unspecified atom stereocenters. The predicted molar refractivity (Wildman–Crippen MR) is 60.2 cm³/mol. The number of rotatable bonds is 4. The summed E-state index contributed by atoms with van der Waals surface area (Å²) in [6.45, 7) is 4.06. The van der Waals surface area contributed by atoms with Crippen molar-refractivity contribution in [3.05, 3.63) is 29.3 Å². The highest BCUT2D eigenvalue weighted by molar-refractivity contribution is 5.37. The summed E-state index contributed by atoms with van der Waals surface area (Å²) >= 11 is 0. The highest BCUT2D eigenvalue weighted by Gasteiger charge is 2.39. The molecule has 0 aliphatic carbocycles. The van der Waals surface area contributed by atoms with Gasteiger partial charge in [0, 0.05) is 0 Å². The molecule has 0 saturated carbocycles. The lowest BCUT2D eigenvalue weighted by atomic mass is 10.0. The normalized spacial score (nSPS) is 13.5. The fraction of sp³-hybridized carbons (Fsp3) is 0.500. The molecule has 0 radical (unpaired) electrons. The van der Waals surface area contributed by atoms with Gasteiger partial charge in [0.2, 0.25) is 0 Å². The lowest BCUT2D eigenvalue weighted by molar-refractivity contribution is -0.156. The van der Waals surface area contributed by atoms with E-state index < -0.39 is 12.2 Å². The zero-order valence-electron chi connectivity index (χ0n) is 10.1. The quantitative estimate of drug-likeness (QED) is 0.882. The number of hydrogen-bond acceptors (Lipinski definition) is 2. The van der Waals surface area contributed by atoms with E-state index in [1.807, 2.05) is 6.92 Å². The Morgan fingerprint density at radius 1 is 1.35 bits per heavy atom. The molecular formula is C12H16F3NO. The maximum atomic E-state index is 12.7. The van der Waals surface area contributed by atoms with Gasteiger partial charge < -0.3 is 10.1 Å². The first-order valence-electron chi connectivity index (χ1n) is 5.37. The zero-order chi connectivity index (χ0) is 13.1. The number of halogens is 3. The minimum absolute atomic E-state index is 0.195. The molecule has 0 aliphatic heterocycles. The molecule has 1 aromatic carbocycles. The van der Waals surface area contributed by atoms with E-state index in [9.17, 15) is 13.2 Å². The van der Waals surface area contributed by atoms with Crippen LogP contribution in [0.25, 0.3) is 0 Å². The van der Waals surface area contributed by atoms with Crippen LogP contribution in [-0.2, 0) is 0 Å². The molecule has 5 heteroatoms. The van der Waals surface area contributed by atoms with Crippen molar-refractivity contribution in [2.45, 2.75) is 26.1 Å². The van der Waals surface area contributed by atoms with Gasteiger partial charge in [-0.05, 0) is 38.1 Å². The molecule has 0 heterocycles. The van der Waals surface area contributed by atoms with Crippen LogP contribution in [0, 0.1) is 6.92 Å². The van der Waals surface area contributed by atoms with Crippen molar-refractivity contribution in [3.63, 3.8) is 0 Å².